The number of carbonyl (C=O) groups is 1. The Kier molecular flexibility index (Phi) is 2.86. The van der Waals surface area contributed by atoms with Crippen LogP contribution in [-0.4, -0.2) is 31.5 Å². The second kappa shape index (κ2) is 4.16. The molecule has 3 heteroatoms. The van der Waals surface area contributed by atoms with E-state index in [1.807, 2.05) is 25.2 Å². The number of carbonyl (C=O) groups excluding carboxylic acids is 1. The van der Waals surface area contributed by atoms with E-state index in [4.69, 9.17) is 4.74 Å². The highest BCUT2D eigenvalue weighted by Crippen LogP contribution is 2.30. The maximum atomic E-state index is 12.1. The highest BCUT2D eigenvalue weighted by molar-refractivity contribution is 5.96. The van der Waals surface area contributed by atoms with E-state index in [2.05, 4.69) is 6.92 Å². The summed E-state index contributed by atoms with van der Waals surface area (Å²) in [5.74, 6) is 1.27. The van der Waals surface area contributed by atoms with E-state index < -0.39 is 0 Å². The maximum absolute atomic E-state index is 12.1. The van der Waals surface area contributed by atoms with Crippen LogP contribution < -0.4 is 4.74 Å². The molecule has 1 aromatic carbocycles. The fourth-order valence-corrected chi connectivity index (χ4v) is 2.13. The third kappa shape index (κ3) is 1.77. The Morgan fingerprint density at radius 3 is 2.88 bits per heavy atom. The average Bonchev–Trinajstić information content (AvgIpc) is 2.42. The molecule has 0 spiro atoms. The molecule has 16 heavy (non-hydrogen) atoms. The van der Waals surface area contributed by atoms with Crippen LogP contribution in [0.2, 0.25) is 0 Å². The predicted molar refractivity (Wildman–Crippen MR) is 63.0 cm³/mol. The van der Waals surface area contributed by atoms with Crippen LogP contribution in [0.15, 0.2) is 18.2 Å². The van der Waals surface area contributed by atoms with E-state index in [9.17, 15) is 4.79 Å². The van der Waals surface area contributed by atoms with Gasteiger partial charge in [-0.25, -0.2) is 0 Å². The third-order valence-electron chi connectivity index (χ3n) is 3.27. The number of amides is 1. The highest BCUT2D eigenvalue weighted by Gasteiger charge is 2.24. The minimum Gasteiger partial charge on any atom is -0.497 e. The second-order valence-electron chi connectivity index (χ2n) is 4.37. The summed E-state index contributed by atoms with van der Waals surface area (Å²) in [6, 6.07) is 5.78. The van der Waals surface area contributed by atoms with Crippen molar-refractivity contribution in [2.45, 2.75) is 19.3 Å². The molecule has 0 saturated heterocycles. The summed E-state index contributed by atoms with van der Waals surface area (Å²) in [5, 5.41) is 0. The molecular formula is C13H17NO2. The lowest BCUT2D eigenvalue weighted by Gasteiger charge is -2.14. The third-order valence-corrected chi connectivity index (χ3v) is 3.27. The first kappa shape index (κ1) is 11.0. The van der Waals surface area contributed by atoms with Gasteiger partial charge in [0.15, 0.2) is 0 Å². The molecule has 2 rings (SSSR count). The zero-order valence-corrected chi connectivity index (χ0v) is 9.99. The Labute approximate surface area is 96.0 Å². The van der Waals surface area contributed by atoms with Gasteiger partial charge in [-0.3, -0.25) is 4.79 Å². The summed E-state index contributed by atoms with van der Waals surface area (Å²) in [4.78, 5) is 13.9. The first-order valence-corrected chi connectivity index (χ1v) is 5.57. The van der Waals surface area contributed by atoms with Gasteiger partial charge < -0.3 is 9.64 Å². The van der Waals surface area contributed by atoms with Gasteiger partial charge in [-0.15, -0.1) is 0 Å². The van der Waals surface area contributed by atoms with Gasteiger partial charge >= 0.3 is 0 Å². The summed E-state index contributed by atoms with van der Waals surface area (Å²) in [6.07, 6.45) is 1.02. The summed E-state index contributed by atoms with van der Waals surface area (Å²) in [7, 11) is 3.47. The fourth-order valence-electron chi connectivity index (χ4n) is 2.13. The number of methoxy groups -OCH3 is 1. The lowest BCUT2D eigenvalue weighted by molar-refractivity contribution is 0.0799. The molecule has 0 bridgehead atoms. The van der Waals surface area contributed by atoms with Crippen molar-refractivity contribution >= 4 is 5.91 Å². The standard InChI is InChI=1S/C13H17NO2/c1-9-6-7-14(2)13(15)12-8-10(16-3)4-5-11(9)12/h4-5,8-9H,6-7H2,1-3H3. The van der Waals surface area contributed by atoms with Gasteiger partial charge in [-0.2, -0.15) is 0 Å². The Balaban J connectivity index is 2.52. The largest absolute Gasteiger partial charge is 0.497 e. The van der Waals surface area contributed by atoms with Crippen LogP contribution in [0, 0.1) is 0 Å². The van der Waals surface area contributed by atoms with Crippen molar-refractivity contribution in [3.05, 3.63) is 29.3 Å². The van der Waals surface area contributed by atoms with E-state index in [-0.39, 0.29) is 5.91 Å². The smallest absolute Gasteiger partial charge is 0.254 e. The van der Waals surface area contributed by atoms with Gasteiger partial charge in [0.25, 0.3) is 5.91 Å². The van der Waals surface area contributed by atoms with Crippen molar-refractivity contribution < 1.29 is 9.53 Å². The Morgan fingerprint density at radius 2 is 2.19 bits per heavy atom. The van der Waals surface area contributed by atoms with Gasteiger partial charge in [0, 0.05) is 19.2 Å². The molecule has 0 radical (unpaired) electrons. The molecule has 1 unspecified atom stereocenters. The van der Waals surface area contributed by atoms with Gasteiger partial charge in [0.05, 0.1) is 7.11 Å². The maximum Gasteiger partial charge on any atom is 0.254 e. The summed E-state index contributed by atoms with van der Waals surface area (Å²) in [5.41, 5.74) is 1.92. The van der Waals surface area contributed by atoms with Crippen LogP contribution in [0.1, 0.15) is 35.2 Å². The molecule has 86 valence electrons. The molecular weight excluding hydrogens is 202 g/mol. The molecule has 0 aliphatic carbocycles. The van der Waals surface area contributed by atoms with Crippen molar-refractivity contribution in [3.8, 4) is 5.75 Å². The lowest BCUT2D eigenvalue weighted by Crippen LogP contribution is -2.26. The van der Waals surface area contributed by atoms with E-state index in [1.54, 1.807) is 12.0 Å². The number of hydrogen-bond acceptors (Lipinski definition) is 2. The highest BCUT2D eigenvalue weighted by atomic mass is 16.5. The number of ether oxygens (including phenoxy) is 1. The SMILES string of the molecule is COc1ccc2c(c1)C(=O)N(C)CCC2C. The van der Waals surface area contributed by atoms with Gasteiger partial charge in [0.2, 0.25) is 0 Å². The fraction of sp³-hybridized carbons (Fsp3) is 0.462. The zero-order chi connectivity index (χ0) is 11.7. The number of hydrogen-bond donors (Lipinski definition) is 0. The van der Waals surface area contributed by atoms with E-state index in [0.717, 1.165) is 29.8 Å². The molecule has 0 saturated carbocycles. The monoisotopic (exact) mass is 219 g/mol. The molecule has 0 fully saturated rings. The van der Waals surface area contributed by atoms with Gasteiger partial charge in [-0.1, -0.05) is 13.0 Å². The van der Waals surface area contributed by atoms with Gasteiger partial charge in [0.1, 0.15) is 5.75 Å². The molecule has 3 nitrogen and oxygen atoms in total. The summed E-state index contributed by atoms with van der Waals surface area (Å²) in [6.45, 7) is 2.98. The lowest BCUT2D eigenvalue weighted by atomic mass is 9.94. The van der Waals surface area contributed by atoms with Crippen LogP contribution in [0.5, 0.6) is 5.75 Å². The zero-order valence-electron chi connectivity index (χ0n) is 9.99. The van der Waals surface area contributed by atoms with Gasteiger partial charge in [-0.05, 0) is 30.0 Å². The minimum atomic E-state index is 0.0956. The minimum absolute atomic E-state index is 0.0956. The summed E-state index contributed by atoms with van der Waals surface area (Å²) < 4.78 is 5.17. The Hall–Kier alpha value is -1.51. The molecule has 1 aliphatic rings. The van der Waals surface area contributed by atoms with Crippen molar-refractivity contribution in [2.24, 2.45) is 0 Å². The van der Waals surface area contributed by atoms with Crippen LogP contribution in [0.3, 0.4) is 0 Å². The van der Waals surface area contributed by atoms with Crippen molar-refractivity contribution in [1.82, 2.24) is 4.90 Å². The number of rotatable bonds is 1. The van der Waals surface area contributed by atoms with E-state index in [1.165, 1.54) is 0 Å². The molecule has 1 aliphatic heterocycles. The quantitative estimate of drug-likeness (QED) is 0.725. The van der Waals surface area contributed by atoms with Crippen LogP contribution in [0.25, 0.3) is 0 Å². The van der Waals surface area contributed by atoms with E-state index >= 15 is 0 Å². The number of fused-ring (bicyclic) bond motifs is 1. The second-order valence-corrected chi connectivity index (χ2v) is 4.37. The summed E-state index contributed by atoms with van der Waals surface area (Å²) >= 11 is 0. The molecule has 1 aromatic rings. The van der Waals surface area contributed by atoms with E-state index in [0.29, 0.717) is 5.92 Å². The van der Waals surface area contributed by atoms with Crippen LogP contribution in [0.4, 0.5) is 0 Å². The van der Waals surface area contributed by atoms with Crippen molar-refractivity contribution in [2.75, 3.05) is 20.7 Å². The first-order chi connectivity index (χ1) is 7.63. The molecule has 0 aromatic heterocycles. The Bertz CT molecular complexity index is 414. The van der Waals surface area contributed by atoms with Crippen LogP contribution in [-0.2, 0) is 0 Å². The van der Waals surface area contributed by atoms with Crippen LogP contribution >= 0.6 is 0 Å². The molecule has 1 atom stereocenters. The topological polar surface area (TPSA) is 29.5 Å². The number of nitrogens with zero attached hydrogens (tertiary/aromatic N) is 1. The molecule has 1 heterocycles. The first-order valence-electron chi connectivity index (χ1n) is 5.57. The predicted octanol–water partition coefficient (Wildman–Crippen LogP) is 2.27. The number of benzene rings is 1. The Morgan fingerprint density at radius 1 is 1.44 bits per heavy atom. The normalized spacial score (nSPS) is 20.3. The van der Waals surface area contributed by atoms with Crippen molar-refractivity contribution in [1.29, 1.82) is 0 Å². The molecule has 1 amide bonds. The average molecular weight is 219 g/mol. The van der Waals surface area contributed by atoms with Crippen molar-refractivity contribution in [3.63, 3.8) is 0 Å². The molecule has 0 N–H and O–H groups in total.